The van der Waals surface area contributed by atoms with Gasteiger partial charge in [0.1, 0.15) is 0 Å². The number of ether oxygens (including phenoxy) is 1. The van der Waals surface area contributed by atoms with Gasteiger partial charge in [0, 0.05) is 38.7 Å². The van der Waals surface area contributed by atoms with Gasteiger partial charge in [-0.05, 0) is 42.5 Å². The molecule has 2 aliphatic rings. The van der Waals surface area contributed by atoms with E-state index in [0.29, 0.717) is 25.3 Å². The Bertz CT molecular complexity index is 614. The molecule has 0 aromatic heterocycles. The highest BCUT2D eigenvalue weighted by Crippen LogP contribution is 2.21. The summed E-state index contributed by atoms with van der Waals surface area (Å²) in [5, 5.41) is 2.63. The lowest BCUT2D eigenvalue weighted by atomic mass is 9.97. The monoisotopic (exact) mass is 333 g/mol. The molecule has 3 amide bonds. The fraction of sp³-hybridized carbons (Fsp3) is 0.529. The number of fused-ring (bicyclic) bond motifs is 1. The second-order valence-electron chi connectivity index (χ2n) is 6.06. The standard InChI is InChI=1S/C17H23N3O4/c1-18-17(22)20-8-7-12-5-6-13(10-14(12)11-20)16(21)19-24-15-4-2-3-9-23-15/h5-6,10,15H,2-4,7-9,11H2,1H3,(H,18,22)(H,19,21). The molecule has 24 heavy (non-hydrogen) atoms. The molecule has 0 aliphatic carbocycles. The molecule has 0 spiro atoms. The maximum absolute atomic E-state index is 12.3. The van der Waals surface area contributed by atoms with E-state index in [1.165, 1.54) is 5.56 Å². The summed E-state index contributed by atoms with van der Waals surface area (Å²) in [6, 6.07) is 5.45. The van der Waals surface area contributed by atoms with Crippen molar-refractivity contribution in [1.82, 2.24) is 15.7 Å². The van der Waals surface area contributed by atoms with Crippen molar-refractivity contribution in [2.24, 2.45) is 0 Å². The fourth-order valence-electron chi connectivity index (χ4n) is 3.01. The lowest BCUT2D eigenvalue weighted by Gasteiger charge is -2.28. The van der Waals surface area contributed by atoms with Gasteiger partial charge < -0.3 is 15.0 Å². The van der Waals surface area contributed by atoms with Crippen molar-refractivity contribution in [2.75, 3.05) is 20.2 Å². The van der Waals surface area contributed by atoms with Crippen LogP contribution in [0.1, 0.15) is 40.7 Å². The number of nitrogens with zero attached hydrogens (tertiary/aromatic N) is 1. The molecule has 1 atom stereocenters. The zero-order chi connectivity index (χ0) is 16.9. The summed E-state index contributed by atoms with van der Waals surface area (Å²) in [5.74, 6) is -0.302. The van der Waals surface area contributed by atoms with Crippen LogP contribution in [-0.4, -0.2) is 43.3 Å². The van der Waals surface area contributed by atoms with Crippen LogP contribution in [0.4, 0.5) is 4.79 Å². The Morgan fingerprint density at radius 3 is 2.92 bits per heavy atom. The molecule has 3 rings (SSSR count). The van der Waals surface area contributed by atoms with E-state index in [9.17, 15) is 9.59 Å². The maximum Gasteiger partial charge on any atom is 0.317 e. The normalized spacial score (nSPS) is 20.2. The largest absolute Gasteiger partial charge is 0.350 e. The molecule has 1 unspecified atom stereocenters. The zero-order valence-corrected chi connectivity index (χ0v) is 13.8. The minimum atomic E-state index is -0.371. The first-order valence-electron chi connectivity index (χ1n) is 8.33. The molecule has 2 heterocycles. The fourth-order valence-corrected chi connectivity index (χ4v) is 3.01. The molecule has 1 saturated heterocycles. The molecule has 0 saturated carbocycles. The third kappa shape index (κ3) is 3.85. The molecule has 1 aromatic carbocycles. The van der Waals surface area contributed by atoms with Crippen molar-refractivity contribution in [2.45, 2.75) is 38.5 Å². The van der Waals surface area contributed by atoms with E-state index < -0.39 is 0 Å². The van der Waals surface area contributed by atoms with E-state index in [-0.39, 0.29) is 18.2 Å². The molecule has 7 heteroatoms. The van der Waals surface area contributed by atoms with Gasteiger partial charge in [0.25, 0.3) is 5.91 Å². The SMILES string of the molecule is CNC(=O)N1CCc2ccc(C(=O)NOC3CCCCO3)cc2C1. The Morgan fingerprint density at radius 1 is 1.29 bits per heavy atom. The van der Waals surface area contributed by atoms with E-state index in [1.807, 2.05) is 12.1 Å². The Kier molecular flexibility index (Phi) is 5.32. The maximum atomic E-state index is 12.3. The van der Waals surface area contributed by atoms with E-state index >= 15 is 0 Å². The quantitative estimate of drug-likeness (QED) is 0.823. The molecule has 130 valence electrons. The van der Waals surface area contributed by atoms with Crippen LogP contribution >= 0.6 is 0 Å². The van der Waals surface area contributed by atoms with Crippen LogP contribution in [-0.2, 0) is 22.5 Å². The van der Waals surface area contributed by atoms with Gasteiger partial charge in [-0.2, -0.15) is 0 Å². The average molecular weight is 333 g/mol. The second-order valence-corrected chi connectivity index (χ2v) is 6.06. The lowest BCUT2D eigenvalue weighted by molar-refractivity contribution is -0.186. The number of carbonyl (C=O) groups is 2. The Morgan fingerprint density at radius 2 is 2.17 bits per heavy atom. The van der Waals surface area contributed by atoms with Gasteiger partial charge in [-0.15, -0.1) is 0 Å². The summed E-state index contributed by atoms with van der Waals surface area (Å²) in [6.07, 6.45) is 3.27. The van der Waals surface area contributed by atoms with Gasteiger partial charge >= 0.3 is 6.03 Å². The van der Waals surface area contributed by atoms with Crippen molar-refractivity contribution in [3.8, 4) is 0 Å². The first-order chi connectivity index (χ1) is 11.7. The highest BCUT2D eigenvalue weighted by atomic mass is 16.8. The number of hydroxylamine groups is 1. The van der Waals surface area contributed by atoms with E-state index in [4.69, 9.17) is 9.57 Å². The van der Waals surface area contributed by atoms with E-state index in [0.717, 1.165) is 31.2 Å². The summed E-state index contributed by atoms with van der Waals surface area (Å²) in [6.45, 7) is 1.85. The number of benzene rings is 1. The number of urea groups is 1. The number of nitrogens with one attached hydrogen (secondary N) is 2. The third-order valence-electron chi connectivity index (χ3n) is 4.40. The van der Waals surface area contributed by atoms with Gasteiger partial charge in [-0.3, -0.25) is 4.79 Å². The minimum absolute atomic E-state index is 0.103. The number of rotatable bonds is 3. The van der Waals surface area contributed by atoms with Gasteiger partial charge in [0.2, 0.25) is 0 Å². The van der Waals surface area contributed by atoms with Crippen molar-refractivity contribution in [3.63, 3.8) is 0 Å². The van der Waals surface area contributed by atoms with Crippen molar-refractivity contribution >= 4 is 11.9 Å². The molecule has 0 bridgehead atoms. The molecule has 7 nitrogen and oxygen atoms in total. The van der Waals surface area contributed by atoms with Crippen molar-refractivity contribution in [3.05, 3.63) is 34.9 Å². The molecule has 2 N–H and O–H groups in total. The lowest BCUT2D eigenvalue weighted by Crippen LogP contribution is -2.41. The molecule has 1 fully saturated rings. The van der Waals surface area contributed by atoms with E-state index in [1.54, 1.807) is 18.0 Å². The number of hydrogen-bond donors (Lipinski definition) is 2. The Balaban J connectivity index is 1.62. The van der Waals surface area contributed by atoms with Crippen molar-refractivity contribution < 1.29 is 19.2 Å². The third-order valence-corrected chi connectivity index (χ3v) is 4.40. The van der Waals surface area contributed by atoms with Crippen LogP contribution in [0.5, 0.6) is 0 Å². The van der Waals surface area contributed by atoms with Crippen molar-refractivity contribution in [1.29, 1.82) is 0 Å². The highest BCUT2D eigenvalue weighted by molar-refractivity contribution is 5.93. The average Bonchev–Trinajstić information content (AvgIpc) is 2.65. The molecule has 0 radical (unpaired) electrons. The first kappa shape index (κ1) is 16.7. The highest BCUT2D eigenvalue weighted by Gasteiger charge is 2.21. The Labute approximate surface area is 141 Å². The second kappa shape index (κ2) is 7.63. The molecular weight excluding hydrogens is 310 g/mol. The predicted octanol–water partition coefficient (Wildman–Crippen LogP) is 1.57. The van der Waals surface area contributed by atoms with Crippen LogP contribution in [0.15, 0.2) is 18.2 Å². The van der Waals surface area contributed by atoms with Crippen LogP contribution in [0.3, 0.4) is 0 Å². The number of carbonyl (C=O) groups excluding carboxylic acids is 2. The molecular formula is C17H23N3O4. The summed E-state index contributed by atoms with van der Waals surface area (Å²) >= 11 is 0. The summed E-state index contributed by atoms with van der Waals surface area (Å²) in [4.78, 5) is 31.1. The van der Waals surface area contributed by atoms with Crippen LogP contribution in [0, 0.1) is 0 Å². The van der Waals surface area contributed by atoms with E-state index in [2.05, 4.69) is 10.8 Å². The smallest absolute Gasteiger partial charge is 0.317 e. The number of amides is 3. The van der Waals surface area contributed by atoms with Gasteiger partial charge in [0.15, 0.2) is 6.29 Å². The Hall–Kier alpha value is -2.12. The molecule has 2 aliphatic heterocycles. The topological polar surface area (TPSA) is 79.9 Å². The van der Waals surface area contributed by atoms with Gasteiger partial charge in [-0.25, -0.2) is 15.1 Å². The van der Waals surface area contributed by atoms with Crippen LogP contribution in [0.2, 0.25) is 0 Å². The van der Waals surface area contributed by atoms with Crippen LogP contribution in [0.25, 0.3) is 0 Å². The predicted molar refractivity (Wildman–Crippen MR) is 87.2 cm³/mol. The zero-order valence-electron chi connectivity index (χ0n) is 13.8. The molecule has 1 aromatic rings. The van der Waals surface area contributed by atoms with Gasteiger partial charge in [0.05, 0.1) is 0 Å². The van der Waals surface area contributed by atoms with Crippen LogP contribution < -0.4 is 10.8 Å². The summed E-state index contributed by atoms with van der Waals surface area (Å²) in [5.41, 5.74) is 5.14. The summed E-state index contributed by atoms with van der Waals surface area (Å²) in [7, 11) is 1.62. The van der Waals surface area contributed by atoms with Gasteiger partial charge in [-0.1, -0.05) is 6.07 Å². The first-order valence-corrected chi connectivity index (χ1v) is 8.33. The number of hydrogen-bond acceptors (Lipinski definition) is 4. The minimum Gasteiger partial charge on any atom is -0.350 e. The summed E-state index contributed by atoms with van der Waals surface area (Å²) < 4.78 is 5.42.